The molecule has 3 N–H and O–H groups in total. The quantitative estimate of drug-likeness (QED) is 0.498. The summed E-state index contributed by atoms with van der Waals surface area (Å²) in [6.07, 6.45) is 0.770. The van der Waals surface area contributed by atoms with Crippen molar-refractivity contribution in [1.82, 2.24) is 0 Å². The molecule has 8 heavy (non-hydrogen) atoms. The molecule has 3 nitrogen and oxygen atoms in total. The molecule has 0 rings (SSSR count). The summed E-state index contributed by atoms with van der Waals surface area (Å²) in [4.78, 5) is 9.70. The molecule has 0 aliphatic heterocycles. The normalized spacial score (nSPS) is 7.62. The number of rotatable bonds is 3. The number of hydrogen-bond donors (Lipinski definition) is 2. The first-order chi connectivity index (χ1) is 3.27. The number of nitrogens with two attached hydrogens (primary N) is 1. The molecule has 0 fully saturated rings. The van der Waals surface area contributed by atoms with Gasteiger partial charge in [-0.1, -0.05) is 0 Å². The van der Waals surface area contributed by atoms with Crippen LogP contribution in [0.2, 0.25) is 0 Å². The predicted octanol–water partition coefficient (Wildman–Crippen LogP) is -0.571. The van der Waals surface area contributed by atoms with Crippen molar-refractivity contribution in [3.8, 4) is 0 Å². The van der Waals surface area contributed by atoms with Crippen molar-refractivity contribution in [2.75, 3.05) is 6.54 Å². The molecule has 0 atom stereocenters. The van der Waals surface area contributed by atoms with Crippen LogP contribution in [-0.4, -0.2) is 47.2 Å². The fourth-order valence-corrected chi connectivity index (χ4v) is 0.253. The maximum absolute atomic E-state index is 9.70. The fraction of sp³-hybridized carbons (Fsp3) is 0.750. The third-order valence-corrected chi connectivity index (χ3v) is 0.595. The van der Waals surface area contributed by atoms with Gasteiger partial charge in [0, 0.05) is 36.0 Å². The average molecular weight is 126 g/mol. The third-order valence-electron chi connectivity index (χ3n) is 0.595. The summed E-state index contributed by atoms with van der Waals surface area (Å²) in [5.41, 5.74) is 5.01. The molecular formula is C4H9NNaO2. The van der Waals surface area contributed by atoms with Crippen LogP contribution in [0.5, 0.6) is 0 Å². The Balaban J connectivity index is 0. The van der Waals surface area contributed by atoms with E-state index >= 15 is 0 Å². The molecule has 0 bridgehead atoms. The van der Waals surface area contributed by atoms with Crippen LogP contribution >= 0.6 is 0 Å². The van der Waals surface area contributed by atoms with Crippen LogP contribution in [0, 0.1) is 0 Å². The summed E-state index contributed by atoms with van der Waals surface area (Å²) in [5.74, 6) is -0.773. The van der Waals surface area contributed by atoms with Crippen LogP contribution in [0.1, 0.15) is 12.8 Å². The standard InChI is InChI=1S/C4H9NO2.Na/c5-3-1-2-4(6)7;/h1-3,5H2,(H,6,7);. The molecule has 0 aliphatic rings. The molecule has 0 aliphatic carbocycles. The number of carbonyl (C=O) groups is 1. The second kappa shape index (κ2) is 7.43. The van der Waals surface area contributed by atoms with Gasteiger partial charge in [-0.25, -0.2) is 0 Å². The molecule has 0 aromatic heterocycles. The Hall–Kier alpha value is 0.430. The fourth-order valence-electron chi connectivity index (χ4n) is 0.253. The van der Waals surface area contributed by atoms with Crippen molar-refractivity contribution >= 4 is 35.5 Å². The summed E-state index contributed by atoms with van der Waals surface area (Å²) < 4.78 is 0. The van der Waals surface area contributed by atoms with Crippen LogP contribution in [0.15, 0.2) is 0 Å². The van der Waals surface area contributed by atoms with Gasteiger partial charge in [-0.15, -0.1) is 0 Å². The molecule has 0 amide bonds. The second-order valence-electron chi connectivity index (χ2n) is 1.29. The summed E-state index contributed by atoms with van der Waals surface area (Å²) in [6.45, 7) is 0.465. The van der Waals surface area contributed by atoms with Crippen LogP contribution in [0.4, 0.5) is 0 Å². The van der Waals surface area contributed by atoms with E-state index in [2.05, 4.69) is 0 Å². The average Bonchev–Trinajstić information content (AvgIpc) is 1.61. The smallest absolute Gasteiger partial charge is 0.303 e. The van der Waals surface area contributed by atoms with Crippen LogP contribution in [0.3, 0.4) is 0 Å². The Morgan fingerprint density at radius 3 is 2.25 bits per heavy atom. The Morgan fingerprint density at radius 1 is 1.62 bits per heavy atom. The summed E-state index contributed by atoms with van der Waals surface area (Å²) in [5, 5.41) is 7.99. The maximum Gasteiger partial charge on any atom is 0.303 e. The Bertz CT molecular complexity index is 67.1. The first-order valence-corrected chi connectivity index (χ1v) is 2.19. The number of carboxylic acid groups (broad SMARTS) is 1. The van der Waals surface area contributed by atoms with E-state index < -0.39 is 5.97 Å². The third kappa shape index (κ3) is 9.66. The number of hydrogen-bond acceptors (Lipinski definition) is 2. The van der Waals surface area contributed by atoms with Crippen molar-refractivity contribution in [2.24, 2.45) is 5.73 Å². The van der Waals surface area contributed by atoms with Gasteiger partial charge in [0.25, 0.3) is 0 Å². The van der Waals surface area contributed by atoms with Gasteiger partial charge in [0.15, 0.2) is 0 Å². The molecule has 4 heteroatoms. The summed E-state index contributed by atoms with van der Waals surface area (Å²) >= 11 is 0. The van der Waals surface area contributed by atoms with E-state index in [4.69, 9.17) is 10.8 Å². The van der Waals surface area contributed by atoms with E-state index in [0.29, 0.717) is 13.0 Å². The van der Waals surface area contributed by atoms with E-state index in [1.165, 1.54) is 0 Å². The van der Waals surface area contributed by atoms with E-state index in [0.717, 1.165) is 0 Å². The van der Waals surface area contributed by atoms with E-state index in [1.54, 1.807) is 0 Å². The van der Waals surface area contributed by atoms with E-state index in [9.17, 15) is 4.79 Å². The Kier molecular flexibility index (Phi) is 10.5. The van der Waals surface area contributed by atoms with Crippen LogP contribution < -0.4 is 5.73 Å². The molecule has 0 unspecified atom stereocenters. The van der Waals surface area contributed by atoms with Gasteiger partial charge in [0.2, 0.25) is 0 Å². The molecule has 1 radical (unpaired) electrons. The molecule has 0 saturated carbocycles. The van der Waals surface area contributed by atoms with Crippen molar-refractivity contribution in [1.29, 1.82) is 0 Å². The molecule has 0 heterocycles. The van der Waals surface area contributed by atoms with Gasteiger partial charge in [-0.05, 0) is 13.0 Å². The first kappa shape index (κ1) is 11.3. The Morgan fingerprint density at radius 2 is 2.12 bits per heavy atom. The topological polar surface area (TPSA) is 63.3 Å². The zero-order valence-corrected chi connectivity index (χ0v) is 7.05. The number of carboxylic acids is 1. The molecule has 43 valence electrons. The van der Waals surface area contributed by atoms with Gasteiger partial charge >= 0.3 is 5.97 Å². The van der Waals surface area contributed by atoms with Crippen molar-refractivity contribution < 1.29 is 9.90 Å². The maximum atomic E-state index is 9.70. The zero-order valence-electron chi connectivity index (χ0n) is 5.05. The van der Waals surface area contributed by atoms with Gasteiger partial charge in [-0.2, -0.15) is 0 Å². The summed E-state index contributed by atoms with van der Waals surface area (Å²) in [7, 11) is 0. The monoisotopic (exact) mass is 126 g/mol. The second-order valence-corrected chi connectivity index (χ2v) is 1.29. The largest absolute Gasteiger partial charge is 0.481 e. The van der Waals surface area contributed by atoms with Gasteiger partial charge in [0.1, 0.15) is 0 Å². The number of aliphatic carboxylic acids is 1. The van der Waals surface area contributed by atoms with Crippen LogP contribution in [0.25, 0.3) is 0 Å². The summed E-state index contributed by atoms with van der Waals surface area (Å²) in [6, 6.07) is 0. The van der Waals surface area contributed by atoms with Crippen molar-refractivity contribution in [3.63, 3.8) is 0 Å². The minimum atomic E-state index is -0.773. The minimum Gasteiger partial charge on any atom is -0.481 e. The van der Waals surface area contributed by atoms with Gasteiger partial charge < -0.3 is 10.8 Å². The van der Waals surface area contributed by atoms with Gasteiger partial charge in [0.05, 0.1) is 0 Å². The predicted molar refractivity (Wildman–Crippen MR) is 31.7 cm³/mol. The molecule has 0 aromatic rings. The molecule has 0 aromatic carbocycles. The molecule has 0 saturated heterocycles. The minimum absolute atomic E-state index is 0. The van der Waals surface area contributed by atoms with Crippen LogP contribution in [-0.2, 0) is 4.79 Å². The zero-order chi connectivity index (χ0) is 5.70. The Labute approximate surface area is 70.5 Å². The molecular weight excluding hydrogens is 117 g/mol. The van der Waals surface area contributed by atoms with E-state index in [-0.39, 0.29) is 36.0 Å². The van der Waals surface area contributed by atoms with E-state index in [1.807, 2.05) is 0 Å². The SMILES string of the molecule is NCCCC(=O)O.[Na]. The first-order valence-electron chi connectivity index (χ1n) is 2.19. The van der Waals surface area contributed by atoms with Gasteiger partial charge in [-0.3, -0.25) is 4.79 Å². The van der Waals surface area contributed by atoms with Crippen molar-refractivity contribution in [2.45, 2.75) is 12.8 Å². The molecule has 0 spiro atoms. The van der Waals surface area contributed by atoms with Crippen molar-refractivity contribution in [3.05, 3.63) is 0 Å².